The summed E-state index contributed by atoms with van der Waals surface area (Å²) < 4.78 is 5.94. The van der Waals surface area contributed by atoms with Gasteiger partial charge in [-0.1, -0.05) is 269 Å². The Morgan fingerprint density at radius 3 is 1.18 bits per heavy atom. The average Bonchev–Trinajstić information content (AvgIpc) is 3.32. The number of nitrogens with one attached hydrogen (secondary N) is 1. The molecule has 3 N–H and O–H groups in total. The molecule has 3 atom stereocenters. The number of esters is 1. The molecule has 0 heterocycles. The molecular formula is C61H115NO5. The van der Waals surface area contributed by atoms with Crippen LogP contribution in [0.1, 0.15) is 316 Å². The first-order chi connectivity index (χ1) is 33.0. The van der Waals surface area contributed by atoms with E-state index in [1.807, 2.05) is 0 Å². The van der Waals surface area contributed by atoms with Crippen molar-refractivity contribution < 1.29 is 24.5 Å². The molecule has 0 aliphatic carbocycles. The fourth-order valence-corrected chi connectivity index (χ4v) is 9.19. The van der Waals surface area contributed by atoms with Crippen LogP contribution < -0.4 is 5.32 Å². The molecule has 0 aromatic rings. The van der Waals surface area contributed by atoms with E-state index in [2.05, 4.69) is 62.5 Å². The quantitative estimate of drug-likeness (QED) is 0.0244. The summed E-state index contributed by atoms with van der Waals surface area (Å²) in [5.41, 5.74) is 0. The maximum Gasteiger partial charge on any atom is 0.306 e. The molecule has 0 fully saturated rings. The van der Waals surface area contributed by atoms with Gasteiger partial charge >= 0.3 is 5.97 Å². The minimum atomic E-state index is -0.799. The number of hydrogen-bond acceptors (Lipinski definition) is 5. The van der Waals surface area contributed by atoms with Crippen LogP contribution in [0.4, 0.5) is 0 Å². The molecule has 3 unspecified atom stereocenters. The fourth-order valence-electron chi connectivity index (χ4n) is 9.19. The normalized spacial score (nSPS) is 13.3. The van der Waals surface area contributed by atoms with Crippen LogP contribution in [-0.2, 0) is 14.3 Å². The predicted molar refractivity (Wildman–Crippen MR) is 292 cm³/mol. The first-order valence-corrected chi connectivity index (χ1v) is 29.7. The molecule has 6 heteroatoms. The van der Waals surface area contributed by atoms with Gasteiger partial charge in [0.25, 0.3) is 0 Å². The van der Waals surface area contributed by atoms with Gasteiger partial charge in [0.2, 0.25) is 5.91 Å². The summed E-state index contributed by atoms with van der Waals surface area (Å²) in [7, 11) is 0. The fraction of sp³-hybridized carbons (Fsp3) is 0.869. The number of aliphatic hydroxyl groups is 2. The Kier molecular flexibility index (Phi) is 53.4. The maximum atomic E-state index is 13.3. The Balaban J connectivity index is 4.55. The summed E-state index contributed by atoms with van der Waals surface area (Å²) >= 11 is 0. The molecule has 0 spiro atoms. The topological polar surface area (TPSA) is 95.9 Å². The average molecular weight is 943 g/mol. The van der Waals surface area contributed by atoms with Gasteiger partial charge in [-0.3, -0.25) is 9.59 Å². The zero-order valence-corrected chi connectivity index (χ0v) is 45.0. The lowest BCUT2D eigenvalue weighted by Crippen LogP contribution is -2.46. The standard InChI is InChI=1S/C61H115NO5/c1-4-7-10-13-16-19-22-25-28-30-32-35-38-41-44-47-50-53-59(64)58(56-63)62-60(65)55-57(52-49-46-43-40-37-34-27-24-21-18-15-12-9-6-3)67-61(66)54-51-48-45-42-39-36-33-31-29-26-23-20-17-14-11-8-5-2/h26,29,34,37,40,43,57-59,63-64H,4-25,27-28,30-33,35-36,38-39,41-42,44-56H2,1-3H3,(H,62,65)/b29-26+,37-34+,43-40+. The van der Waals surface area contributed by atoms with Crippen LogP contribution in [0, 0.1) is 0 Å². The number of allylic oxidation sites excluding steroid dienone is 6. The van der Waals surface area contributed by atoms with Crippen LogP contribution in [-0.4, -0.2) is 46.9 Å². The largest absolute Gasteiger partial charge is 0.462 e. The monoisotopic (exact) mass is 942 g/mol. The second kappa shape index (κ2) is 55.0. The third-order valence-corrected chi connectivity index (χ3v) is 13.7. The molecule has 1 amide bonds. The molecule has 394 valence electrons. The van der Waals surface area contributed by atoms with Crippen molar-refractivity contribution in [2.24, 2.45) is 0 Å². The smallest absolute Gasteiger partial charge is 0.306 e. The van der Waals surface area contributed by atoms with Gasteiger partial charge in [0.1, 0.15) is 6.10 Å². The Bertz CT molecular complexity index is 1100. The predicted octanol–water partition coefficient (Wildman–Crippen LogP) is 18.4. The molecular weight excluding hydrogens is 827 g/mol. The summed E-state index contributed by atoms with van der Waals surface area (Å²) in [6.07, 6.45) is 66.5. The summed E-state index contributed by atoms with van der Waals surface area (Å²) in [5, 5.41) is 23.9. The van der Waals surface area contributed by atoms with E-state index in [9.17, 15) is 19.8 Å². The number of carbonyl (C=O) groups is 2. The number of rotatable bonds is 54. The molecule has 0 saturated heterocycles. The molecule has 6 nitrogen and oxygen atoms in total. The minimum absolute atomic E-state index is 0.0460. The zero-order chi connectivity index (χ0) is 48.8. The second-order valence-electron chi connectivity index (χ2n) is 20.4. The van der Waals surface area contributed by atoms with Gasteiger partial charge in [0.05, 0.1) is 25.2 Å². The van der Waals surface area contributed by atoms with Gasteiger partial charge < -0.3 is 20.3 Å². The van der Waals surface area contributed by atoms with Crippen molar-refractivity contribution in [3.8, 4) is 0 Å². The van der Waals surface area contributed by atoms with Gasteiger partial charge in [0, 0.05) is 6.42 Å². The zero-order valence-electron chi connectivity index (χ0n) is 45.0. The van der Waals surface area contributed by atoms with E-state index in [4.69, 9.17) is 4.74 Å². The third kappa shape index (κ3) is 50.3. The minimum Gasteiger partial charge on any atom is -0.462 e. The lowest BCUT2D eigenvalue weighted by molar-refractivity contribution is -0.151. The first kappa shape index (κ1) is 65.1. The van der Waals surface area contributed by atoms with Crippen LogP contribution in [0.15, 0.2) is 36.5 Å². The highest BCUT2D eigenvalue weighted by Gasteiger charge is 2.24. The van der Waals surface area contributed by atoms with Gasteiger partial charge in [-0.2, -0.15) is 0 Å². The van der Waals surface area contributed by atoms with E-state index in [1.54, 1.807) is 0 Å². The number of carbonyl (C=O) groups excluding carboxylic acids is 2. The molecule has 0 bridgehead atoms. The van der Waals surface area contributed by atoms with Gasteiger partial charge in [0.15, 0.2) is 0 Å². The number of aliphatic hydroxyl groups excluding tert-OH is 2. The molecule has 0 radical (unpaired) electrons. The highest BCUT2D eigenvalue weighted by molar-refractivity contribution is 5.77. The van der Waals surface area contributed by atoms with Crippen molar-refractivity contribution in [2.45, 2.75) is 334 Å². The Morgan fingerprint density at radius 2 is 0.776 bits per heavy atom. The number of ether oxygens (including phenoxy) is 1. The van der Waals surface area contributed by atoms with Gasteiger partial charge in [-0.25, -0.2) is 0 Å². The Morgan fingerprint density at radius 1 is 0.433 bits per heavy atom. The van der Waals surface area contributed by atoms with E-state index < -0.39 is 18.2 Å². The number of amides is 1. The van der Waals surface area contributed by atoms with Crippen LogP contribution in [0.25, 0.3) is 0 Å². The van der Waals surface area contributed by atoms with E-state index in [0.717, 1.165) is 57.8 Å². The van der Waals surface area contributed by atoms with Crippen LogP contribution >= 0.6 is 0 Å². The van der Waals surface area contributed by atoms with Gasteiger partial charge in [-0.05, 0) is 70.6 Å². The molecule has 0 aromatic heterocycles. The molecule has 67 heavy (non-hydrogen) atoms. The molecule has 0 rings (SSSR count). The summed E-state index contributed by atoms with van der Waals surface area (Å²) in [4.78, 5) is 26.3. The SMILES string of the molecule is CCCCCCCC/C=C/CCCCCCCCCC(=O)OC(CCC/C=C/C=C/CCCCCCCCC)CC(=O)NC(CO)C(O)CCCCCCCCCCCCCCCCCCC. The van der Waals surface area contributed by atoms with Crippen molar-refractivity contribution >= 4 is 11.9 Å². The van der Waals surface area contributed by atoms with Crippen molar-refractivity contribution in [3.05, 3.63) is 36.5 Å². The lowest BCUT2D eigenvalue weighted by atomic mass is 10.0. The highest BCUT2D eigenvalue weighted by atomic mass is 16.5. The van der Waals surface area contributed by atoms with Gasteiger partial charge in [-0.15, -0.1) is 0 Å². The third-order valence-electron chi connectivity index (χ3n) is 13.7. The lowest BCUT2D eigenvalue weighted by Gasteiger charge is -2.24. The molecule has 0 aliphatic rings. The van der Waals surface area contributed by atoms with Crippen molar-refractivity contribution in [1.29, 1.82) is 0 Å². The van der Waals surface area contributed by atoms with Crippen molar-refractivity contribution in [1.82, 2.24) is 5.32 Å². The molecule has 0 aromatic carbocycles. The molecule has 0 aliphatic heterocycles. The van der Waals surface area contributed by atoms with E-state index in [-0.39, 0.29) is 24.9 Å². The van der Waals surface area contributed by atoms with E-state index in [1.165, 1.54) is 212 Å². The van der Waals surface area contributed by atoms with Crippen molar-refractivity contribution in [3.63, 3.8) is 0 Å². The van der Waals surface area contributed by atoms with Crippen LogP contribution in [0.5, 0.6) is 0 Å². The van der Waals surface area contributed by atoms with E-state index in [0.29, 0.717) is 19.3 Å². The number of hydrogen-bond donors (Lipinski definition) is 3. The Hall–Kier alpha value is -1.92. The summed E-state index contributed by atoms with van der Waals surface area (Å²) in [6.45, 7) is 6.50. The highest BCUT2D eigenvalue weighted by Crippen LogP contribution is 2.18. The van der Waals surface area contributed by atoms with Crippen LogP contribution in [0.3, 0.4) is 0 Å². The summed E-state index contributed by atoms with van der Waals surface area (Å²) in [6, 6.07) is -0.716. The summed E-state index contributed by atoms with van der Waals surface area (Å²) in [5.74, 6) is -0.512. The first-order valence-electron chi connectivity index (χ1n) is 29.7. The van der Waals surface area contributed by atoms with E-state index >= 15 is 0 Å². The number of unbranched alkanes of at least 4 members (excludes halogenated alkanes) is 37. The van der Waals surface area contributed by atoms with Crippen molar-refractivity contribution in [2.75, 3.05) is 6.61 Å². The molecule has 0 saturated carbocycles. The van der Waals surface area contributed by atoms with Crippen LogP contribution in [0.2, 0.25) is 0 Å². The maximum absolute atomic E-state index is 13.3. The second-order valence-corrected chi connectivity index (χ2v) is 20.4. The Labute approximate surface area is 417 Å².